The van der Waals surface area contributed by atoms with Crippen LogP contribution in [0.1, 0.15) is 12.0 Å². The van der Waals surface area contributed by atoms with E-state index in [9.17, 15) is 13.5 Å². The molecule has 6 heteroatoms. The van der Waals surface area contributed by atoms with Crippen molar-refractivity contribution in [2.45, 2.75) is 24.3 Å². The number of anilines is 1. The lowest BCUT2D eigenvalue weighted by molar-refractivity contribution is 0.189. The lowest BCUT2D eigenvalue weighted by Crippen LogP contribution is -2.30. The van der Waals surface area contributed by atoms with Crippen molar-refractivity contribution in [1.82, 2.24) is 4.31 Å². The molecule has 0 unspecified atom stereocenters. The third kappa shape index (κ3) is 2.29. The largest absolute Gasteiger partial charge is 0.398 e. The smallest absolute Gasteiger partial charge is 0.245 e. The summed E-state index contributed by atoms with van der Waals surface area (Å²) in [5.41, 5.74) is 6.92. The molecule has 1 atom stereocenters. The van der Waals surface area contributed by atoms with Crippen LogP contribution in [-0.2, 0) is 10.0 Å². The average Bonchev–Trinajstić information content (AvgIpc) is 2.64. The van der Waals surface area contributed by atoms with Gasteiger partial charge in [-0.2, -0.15) is 4.31 Å². The van der Waals surface area contributed by atoms with Gasteiger partial charge in [-0.1, -0.05) is 6.07 Å². The number of hydrogen-bond acceptors (Lipinski definition) is 4. The van der Waals surface area contributed by atoms with E-state index in [4.69, 9.17) is 5.73 Å². The maximum absolute atomic E-state index is 12.2. The van der Waals surface area contributed by atoms with Gasteiger partial charge in [-0.15, -0.1) is 0 Å². The Bertz CT molecular complexity index is 528. The molecule has 17 heavy (non-hydrogen) atoms. The second-order valence-corrected chi connectivity index (χ2v) is 6.25. The van der Waals surface area contributed by atoms with Crippen molar-refractivity contribution in [3.63, 3.8) is 0 Å². The van der Waals surface area contributed by atoms with E-state index in [1.807, 2.05) is 6.92 Å². The summed E-state index contributed by atoms with van der Waals surface area (Å²) in [6.07, 6.45) is -0.0956. The fraction of sp³-hybridized carbons (Fsp3) is 0.455. The fourth-order valence-electron chi connectivity index (χ4n) is 1.97. The predicted octanol–water partition coefficient (Wildman–Crippen LogP) is 0.333. The molecular formula is C11H16N2O3S. The van der Waals surface area contributed by atoms with E-state index >= 15 is 0 Å². The van der Waals surface area contributed by atoms with Gasteiger partial charge in [0.2, 0.25) is 10.0 Å². The van der Waals surface area contributed by atoms with Crippen LogP contribution in [0.3, 0.4) is 0 Å². The van der Waals surface area contributed by atoms with E-state index in [2.05, 4.69) is 0 Å². The molecule has 1 aliphatic heterocycles. The lowest BCUT2D eigenvalue weighted by Gasteiger charge is -2.17. The van der Waals surface area contributed by atoms with Gasteiger partial charge in [0.15, 0.2) is 0 Å². The Morgan fingerprint density at radius 1 is 1.47 bits per heavy atom. The van der Waals surface area contributed by atoms with Gasteiger partial charge in [-0.25, -0.2) is 8.42 Å². The molecule has 1 heterocycles. The minimum atomic E-state index is -3.57. The highest BCUT2D eigenvalue weighted by atomic mass is 32.2. The van der Waals surface area contributed by atoms with Crippen molar-refractivity contribution in [1.29, 1.82) is 0 Å². The summed E-state index contributed by atoms with van der Waals surface area (Å²) >= 11 is 0. The van der Waals surface area contributed by atoms with E-state index in [1.165, 1.54) is 10.4 Å². The molecule has 0 spiro atoms. The number of aliphatic hydroxyl groups is 1. The molecule has 0 aliphatic carbocycles. The fourth-order valence-corrected chi connectivity index (χ4v) is 3.56. The first-order valence-corrected chi connectivity index (χ1v) is 6.89. The number of nitrogens with zero attached hydrogens (tertiary/aromatic N) is 1. The summed E-state index contributed by atoms with van der Waals surface area (Å²) in [6, 6.07) is 4.87. The Hall–Kier alpha value is -1.11. The normalized spacial score (nSPS) is 21.9. The third-order valence-corrected chi connectivity index (χ3v) is 4.85. The van der Waals surface area contributed by atoms with Crippen LogP contribution in [0.25, 0.3) is 0 Å². The Balaban J connectivity index is 2.38. The summed E-state index contributed by atoms with van der Waals surface area (Å²) in [6.45, 7) is 2.35. The first-order chi connectivity index (χ1) is 7.91. The molecule has 94 valence electrons. The SMILES string of the molecule is Cc1ccc(S(=O)(=O)N2CC[C@H](O)C2)c(N)c1. The number of rotatable bonds is 2. The third-order valence-electron chi connectivity index (χ3n) is 2.91. The highest BCUT2D eigenvalue weighted by Crippen LogP contribution is 2.26. The van der Waals surface area contributed by atoms with E-state index in [0.717, 1.165) is 5.56 Å². The number of aryl methyl sites for hydroxylation is 1. The van der Waals surface area contributed by atoms with Crippen LogP contribution in [0.4, 0.5) is 5.69 Å². The van der Waals surface area contributed by atoms with E-state index in [0.29, 0.717) is 13.0 Å². The second-order valence-electron chi connectivity index (χ2n) is 4.35. The number of nitrogens with two attached hydrogens (primary N) is 1. The minimum absolute atomic E-state index is 0.122. The highest BCUT2D eigenvalue weighted by Gasteiger charge is 2.32. The van der Waals surface area contributed by atoms with E-state index in [1.54, 1.807) is 12.1 Å². The molecule has 0 saturated carbocycles. The number of benzene rings is 1. The van der Waals surface area contributed by atoms with Crippen LogP contribution in [0.15, 0.2) is 23.1 Å². The lowest BCUT2D eigenvalue weighted by atomic mass is 10.2. The second kappa shape index (κ2) is 4.29. The number of hydrogen-bond donors (Lipinski definition) is 2. The molecule has 3 N–H and O–H groups in total. The Kier molecular flexibility index (Phi) is 3.11. The van der Waals surface area contributed by atoms with Crippen molar-refractivity contribution in [3.8, 4) is 0 Å². The summed E-state index contributed by atoms with van der Waals surface area (Å²) < 4.78 is 25.8. The van der Waals surface area contributed by atoms with E-state index in [-0.39, 0.29) is 17.1 Å². The molecule has 1 saturated heterocycles. The maximum atomic E-state index is 12.2. The minimum Gasteiger partial charge on any atom is -0.398 e. The summed E-state index contributed by atoms with van der Waals surface area (Å²) in [4.78, 5) is 0.122. The van der Waals surface area contributed by atoms with Crippen molar-refractivity contribution in [3.05, 3.63) is 23.8 Å². The summed E-state index contributed by atoms with van der Waals surface area (Å²) in [7, 11) is -3.57. The molecule has 2 rings (SSSR count). The molecule has 0 radical (unpaired) electrons. The Morgan fingerprint density at radius 2 is 2.18 bits per heavy atom. The molecule has 5 nitrogen and oxygen atoms in total. The molecule has 1 fully saturated rings. The van der Waals surface area contributed by atoms with Crippen LogP contribution in [0, 0.1) is 6.92 Å². The van der Waals surface area contributed by atoms with Gasteiger partial charge in [0.05, 0.1) is 11.8 Å². The number of aliphatic hydroxyl groups excluding tert-OH is 1. The first kappa shape index (κ1) is 12.3. The van der Waals surface area contributed by atoms with E-state index < -0.39 is 16.1 Å². The monoisotopic (exact) mass is 256 g/mol. The zero-order chi connectivity index (χ0) is 12.6. The molecular weight excluding hydrogens is 240 g/mol. The Morgan fingerprint density at radius 3 is 2.71 bits per heavy atom. The molecule has 0 amide bonds. The maximum Gasteiger partial charge on any atom is 0.245 e. The van der Waals surface area contributed by atoms with Crippen LogP contribution >= 0.6 is 0 Å². The summed E-state index contributed by atoms with van der Waals surface area (Å²) in [5.74, 6) is 0. The zero-order valence-electron chi connectivity index (χ0n) is 9.63. The van der Waals surface area contributed by atoms with Crippen molar-refractivity contribution < 1.29 is 13.5 Å². The van der Waals surface area contributed by atoms with Crippen molar-refractivity contribution >= 4 is 15.7 Å². The Labute approximate surface area is 101 Å². The topological polar surface area (TPSA) is 83.6 Å². The van der Waals surface area contributed by atoms with Crippen LogP contribution in [-0.4, -0.2) is 37.0 Å². The number of nitrogen functional groups attached to an aromatic ring is 1. The standard InChI is InChI=1S/C11H16N2O3S/c1-8-2-3-11(10(12)6-8)17(15,16)13-5-4-9(14)7-13/h2-3,6,9,14H,4-5,7,12H2,1H3/t9-/m0/s1. The predicted molar refractivity (Wildman–Crippen MR) is 65.0 cm³/mol. The molecule has 0 aromatic heterocycles. The number of sulfonamides is 1. The number of β-amino-alcohol motifs (C(OH)–C–C–N with tert-alkyl or cyclic N) is 1. The summed E-state index contributed by atoms with van der Waals surface area (Å²) in [5, 5.41) is 9.39. The van der Waals surface area contributed by atoms with Crippen LogP contribution in [0.2, 0.25) is 0 Å². The average molecular weight is 256 g/mol. The van der Waals surface area contributed by atoms with Gasteiger partial charge < -0.3 is 10.8 Å². The van der Waals surface area contributed by atoms with Crippen molar-refractivity contribution in [2.75, 3.05) is 18.8 Å². The molecule has 0 bridgehead atoms. The van der Waals surface area contributed by atoms with Gasteiger partial charge in [0.25, 0.3) is 0 Å². The van der Waals surface area contributed by atoms with Gasteiger partial charge >= 0.3 is 0 Å². The molecule has 1 aliphatic rings. The molecule has 1 aromatic carbocycles. The van der Waals surface area contributed by atoms with Gasteiger partial charge in [0, 0.05) is 13.1 Å². The van der Waals surface area contributed by atoms with Crippen LogP contribution in [0.5, 0.6) is 0 Å². The van der Waals surface area contributed by atoms with Crippen molar-refractivity contribution in [2.24, 2.45) is 0 Å². The highest BCUT2D eigenvalue weighted by molar-refractivity contribution is 7.89. The zero-order valence-corrected chi connectivity index (χ0v) is 10.4. The van der Waals surface area contributed by atoms with Gasteiger partial charge in [0.1, 0.15) is 4.90 Å². The van der Waals surface area contributed by atoms with Gasteiger partial charge in [-0.3, -0.25) is 0 Å². The van der Waals surface area contributed by atoms with Gasteiger partial charge in [-0.05, 0) is 31.0 Å². The first-order valence-electron chi connectivity index (χ1n) is 5.45. The molecule has 1 aromatic rings. The quantitative estimate of drug-likeness (QED) is 0.747. The van der Waals surface area contributed by atoms with Crippen LogP contribution < -0.4 is 5.73 Å².